The van der Waals surface area contributed by atoms with Gasteiger partial charge in [0.2, 0.25) is 0 Å². The minimum absolute atomic E-state index is 0.823. The van der Waals surface area contributed by atoms with Crippen molar-refractivity contribution in [1.29, 1.82) is 0 Å². The summed E-state index contributed by atoms with van der Waals surface area (Å²) in [5, 5.41) is 4.19. The summed E-state index contributed by atoms with van der Waals surface area (Å²) >= 11 is 2.12. The summed E-state index contributed by atoms with van der Waals surface area (Å²) in [4.78, 5) is 2.44. The van der Waals surface area contributed by atoms with Gasteiger partial charge < -0.3 is 5.32 Å². The molecular weight excluding hydrogens is 216 g/mol. The standard InChI is InChI=1S/C13H22N2S/c1(5-13-6-2-4-12-16-13)3-9-15-10-7-14-8-11-15/h13-14H,2,4-12H2. The molecule has 0 aliphatic carbocycles. The summed E-state index contributed by atoms with van der Waals surface area (Å²) < 4.78 is 0. The van der Waals surface area contributed by atoms with Gasteiger partial charge in [-0.05, 0) is 18.6 Å². The Hall–Kier alpha value is -0.170. The van der Waals surface area contributed by atoms with Crippen LogP contribution in [0, 0.1) is 11.8 Å². The molecular formula is C13H22N2S. The van der Waals surface area contributed by atoms with Crippen molar-refractivity contribution < 1.29 is 0 Å². The second-order valence-electron chi connectivity index (χ2n) is 4.57. The molecule has 0 saturated carbocycles. The lowest BCUT2D eigenvalue weighted by atomic mass is 10.1. The van der Waals surface area contributed by atoms with E-state index < -0.39 is 0 Å². The van der Waals surface area contributed by atoms with Crippen LogP contribution >= 0.6 is 11.8 Å². The van der Waals surface area contributed by atoms with Crippen molar-refractivity contribution >= 4 is 11.8 Å². The number of thioether (sulfide) groups is 1. The monoisotopic (exact) mass is 238 g/mol. The largest absolute Gasteiger partial charge is 0.314 e. The predicted molar refractivity (Wildman–Crippen MR) is 71.8 cm³/mol. The van der Waals surface area contributed by atoms with E-state index in [0.717, 1.165) is 44.4 Å². The maximum Gasteiger partial charge on any atom is 0.0602 e. The maximum atomic E-state index is 3.37. The molecule has 0 bridgehead atoms. The van der Waals surface area contributed by atoms with E-state index in [1.165, 1.54) is 25.0 Å². The lowest BCUT2D eigenvalue weighted by molar-refractivity contribution is 0.268. The van der Waals surface area contributed by atoms with Crippen LogP contribution in [0.15, 0.2) is 0 Å². The Morgan fingerprint density at radius 1 is 1.19 bits per heavy atom. The highest BCUT2D eigenvalue weighted by molar-refractivity contribution is 7.99. The van der Waals surface area contributed by atoms with Crippen LogP contribution in [0.3, 0.4) is 0 Å². The number of hydrogen-bond acceptors (Lipinski definition) is 3. The minimum atomic E-state index is 0.823. The fourth-order valence-corrected chi connectivity index (χ4v) is 3.43. The zero-order valence-electron chi connectivity index (χ0n) is 10.0. The molecule has 0 radical (unpaired) electrons. The van der Waals surface area contributed by atoms with Crippen LogP contribution < -0.4 is 5.32 Å². The van der Waals surface area contributed by atoms with Crippen molar-refractivity contribution in [2.24, 2.45) is 0 Å². The fraction of sp³-hybridized carbons (Fsp3) is 0.846. The first-order chi connectivity index (χ1) is 7.95. The molecule has 16 heavy (non-hydrogen) atoms. The highest BCUT2D eigenvalue weighted by atomic mass is 32.2. The van der Waals surface area contributed by atoms with Gasteiger partial charge in [-0.3, -0.25) is 4.90 Å². The van der Waals surface area contributed by atoms with E-state index in [2.05, 4.69) is 33.8 Å². The first-order valence-corrected chi connectivity index (χ1v) is 7.50. The number of rotatable bonds is 2. The van der Waals surface area contributed by atoms with Crippen LogP contribution in [0.5, 0.6) is 0 Å². The molecule has 2 nitrogen and oxygen atoms in total. The molecule has 0 aromatic rings. The van der Waals surface area contributed by atoms with Crippen LogP contribution in [-0.4, -0.2) is 48.6 Å². The lowest BCUT2D eigenvalue weighted by Crippen LogP contribution is -2.43. The van der Waals surface area contributed by atoms with E-state index in [1.807, 2.05) is 0 Å². The van der Waals surface area contributed by atoms with Crippen molar-refractivity contribution in [3.05, 3.63) is 0 Å². The third-order valence-electron chi connectivity index (χ3n) is 3.24. The molecule has 2 aliphatic rings. The fourth-order valence-electron chi connectivity index (χ4n) is 2.19. The predicted octanol–water partition coefficient (Wildman–Crippen LogP) is 1.57. The molecule has 0 amide bonds. The summed E-state index contributed by atoms with van der Waals surface area (Å²) in [6, 6.07) is 0. The number of nitrogens with one attached hydrogen (secondary N) is 1. The Morgan fingerprint density at radius 3 is 2.81 bits per heavy atom. The van der Waals surface area contributed by atoms with Crippen molar-refractivity contribution in [2.75, 3.05) is 38.5 Å². The average Bonchev–Trinajstić information content (AvgIpc) is 2.37. The Morgan fingerprint density at radius 2 is 2.06 bits per heavy atom. The summed E-state index contributed by atoms with van der Waals surface area (Å²) in [5.41, 5.74) is 0. The first kappa shape index (κ1) is 12.3. The molecule has 1 unspecified atom stereocenters. The van der Waals surface area contributed by atoms with Gasteiger partial charge >= 0.3 is 0 Å². The molecule has 0 aromatic heterocycles. The van der Waals surface area contributed by atoms with Crippen LogP contribution in [0.1, 0.15) is 25.7 Å². The van der Waals surface area contributed by atoms with E-state index >= 15 is 0 Å². The van der Waals surface area contributed by atoms with Gasteiger partial charge in [-0.1, -0.05) is 12.3 Å². The minimum Gasteiger partial charge on any atom is -0.314 e. The third-order valence-corrected chi connectivity index (χ3v) is 4.64. The smallest absolute Gasteiger partial charge is 0.0602 e. The van der Waals surface area contributed by atoms with Gasteiger partial charge in [0.1, 0.15) is 0 Å². The quantitative estimate of drug-likeness (QED) is 0.735. The third kappa shape index (κ3) is 4.37. The molecule has 0 spiro atoms. The van der Waals surface area contributed by atoms with Gasteiger partial charge in [0.05, 0.1) is 6.54 Å². The van der Waals surface area contributed by atoms with Crippen molar-refractivity contribution in [1.82, 2.24) is 10.2 Å². The van der Waals surface area contributed by atoms with Gasteiger partial charge in [-0.2, -0.15) is 11.8 Å². The molecule has 2 fully saturated rings. The van der Waals surface area contributed by atoms with E-state index in [0.29, 0.717) is 0 Å². The molecule has 0 aromatic carbocycles. The van der Waals surface area contributed by atoms with Gasteiger partial charge in [0.15, 0.2) is 0 Å². The topological polar surface area (TPSA) is 15.3 Å². The number of piperazine rings is 1. The summed E-state index contributed by atoms with van der Waals surface area (Å²) in [6.45, 7) is 5.54. The van der Waals surface area contributed by atoms with Gasteiger partial charge in [0.25, 0.3) is 0 Å². The van der Waals surface area contributed by atoms with E-state index in [1.54, 1.807) is 0 Å². The van der Waals surface area contributed by atoms with Crippen LogP contribution in [-0.2, 0) is 0 Å². The molecule has 1 atom stereocenters. The van der Waals surface area contributed by atoms with E-state index in [9.17, 15) is 0 Å². The Labute approximate surface area is 104 Å². The maximum absolute atomic E-state index is 3.37. The average molecular weight is 238 g/mol. The molecule has 3 heteroatoms. The molecule has 2 heterocycles. The summed E-state index contributed by atoms with van der Waals surface area (Å²) in [5.74, 6) is 8.06. The van der Waals surface area contributed by atoms with E-state index in [-0.39, 0.29) is 0 Å². The lowest BCUT2D eigenvalue weighted by Gasteiger charge is -2.24. The molecule has 90 valence electrons. The second kappa shape index (κ2) is 7.21. The summed E-state index contributed by atoms with van der Waals surface area (Å²) in [7, 11) is 0. The normalized spacial score (nSPS) is 27.1. The molecule has 1 N–H and O–H groups in total. The molecule has 2 aliphatic heterocycles. The summed E-state index contributed by atoms with van der Waals surface area (Å²) in [6.07, 6.45) is 5.32. The highest BCUT2D eigenvalue weighted by Gasteiger charge is 2.12. The zero-order chi connectivity index (χ0) is 11.1. The van der Waals surface area contributed by atoms with Gasteiger partial charge in [0, 0.05) is 37.8 Å². The first-order valence-electron chi connectivity index (χ1n) is 6.45. The Balaban J connectivity index is 1.61. The number of nitrogens with zero attached hydrogens (tertiary/aromatic N) is 1. The highest BCUT2D eigenvalue weighted by Crippen LogP contribution is 2.26. The van der Waals surface area contributed by atoms with Crippen molar-refractivity contribution in [3.8, 4) is 11.8 Å². The number of hydrogen-bond donors (Lipinski definition) is 1. The van der Waals surface area contributed by atoms with E-state index in [4.69, 9.17) is 0 Å². The SMILES string of the molecule is C(#CCN1CCNCC1)CC1CCCCS1. The zero-order valence-corrected chi connectivity index (χ0v) is 10.8. The van der Waals surface area contributed by atoms with Crippen LogP contribution in [0.4, 0.5) is 0 Å². The van der Waals surface area contributed by atoms with Crippen LogP contribution in [0.25, 0.3) is 0 Å². The van der Waals surface area contributed by atoms with Crippen molar-refractivity contribution in [3.63, 3.8) is 0 Å². The van der Waals surface area contributed by atoms with Crippen LogP contribution in [0.2, 0.25) is 0 Å². The second-order valence-corrected chi connectivity index (χ2v) is 5.98. The van der Waals surface area contributed by atoms with Crippen molar-refractivity contribution in [2.45, 2.75) is 30.9 Å². The molecule has 2 rings (SSSR count). The van der Waals surface area contributed by atoms with Gasteiger partial charge in [-0.15, -0.1) is 5.92 Å². The molecule has 2 saturated heterocycles. The van der Waals surface area contributed by atoms with Gasteiger partial charge in [-0.25, -0.2) is 0 Å². The Bertz CT molecular complexity index is 220. The Kier molecular flexibility index (Phi) is 5.54.